The second-order valence-corrected chi connectivity index (χ2v) is 8.65. The van der Waals surface area contributed by atoms with Gasteiger partial charge < -0.3 is 20.5 Å². The van der Waals surface area contributed by atoms with Crippen LogP contribution in [0.25, 0.3) is 32.6 Å². The quantitative estimate of drug-likeness (QED) is 0.263. The molecule has 172 valence electrons. The van der Waals surface area contributed by atoms with Crippen LogP contribution < -0.4 is 15.4 Å². The molecule has 0 saturated heterocycles. The van der Waals surface area contributed by atoms with E-state index in [9.17, 15) is 5.11 Å². The van der Waals surface area contributed by atoms with Crippen molar-refractivity contribution in [3.05, 3.63) is 91.0 Å². The minimum Gasteiger partial charge on any atom is -0.490 e. The van der Waals surface area contributed by atoms with Crippen molar-refractivity contribution in [3.8, 4) is 5.75 Å². The summed E-state index contributed by atoms with van der Waals surface area (Å²) in [5.41, 5.74) is 3.05. The molecule has 0 amide bonds. The summed E-state index contributed by atoms with van der Waals surface area (Å²) in [6, 6.07) is 30.6. The Kier molecular flexibility index (Phi) is 6.56. The maximum Gasteiger partial charge on any atom is 0.127 e. The summed E-state index contributed by atoms with van der Waals surface area (Å²) in [7, 11) is 0. The summed E-state index contributed by atoms with van der Waals surface area (Å²) in [4.78, 5) is 4.79. The van der Waals surface area contributed by atoms with Gasteiger partial charge in [0.2, 0.25) is 0 Å². The molecule has 1 heterocycles. The number of aromatic nitrogens is 1. The number of nitrogens with zero attached hydrogens (tertiary/aromatic N) is 1. The van der Waals surface area contributed by atoms with E-state index in [4.69, 9.17) is 9.72 Å². The maximum absolute atomic E-state index is 10.5. The fraction of sp³-hybridized carbons (Fsp3) is 0.207. The highest BCUT2D eigenvalue weighted by Gasteiger charge is 2.12. The van der Waals surface area contributed by atoms with Crippen molar-refractivity contribution in [3.63, 3.8) is 0 Å². The number of anilines is 1. The molecule has 34 heavy (non-hydrogen) atoms. The summed E-state index contributed by atoms with van der Waals surface area (Å²) in [6.45, 7) is 3.51. The van der Waals surface area contributed by atoms with Crippen molar-refractivity contribution in [1.82, 2.24) is 10.3 Å². The fourth-order valence-electron chi connectivity index (χ4n) is 4.26. The predicted molar refractivity (Wildman–Crippen MR) is 141 cm³/mol. The molecule has 5 heteroatoms. The molecule has 3 N–H and O–H groups in total. The topological polar surface area (TPSA) is 66.4 Å². The standard InChI is InChI=1S/C29H29N3O2/c1-20(30-18-22(33)19-34-28-16-8-10-21-9-2-3-11-23(21)28)17-31-29-24-12-4-6-14-26(24)32-27-15-7-5-13-25(27)29/h2-16,20,22,30,33H,17-19H2,1H3,(H,31,32). The minimum absolute atomic E-state index is 0.151. The molecular weight excluding hydrogens is 422 g/mol. The molecule has 4 aromatic carbocycles. The monoisotopic (exact) mass is 451 g/mol. The van der Waals surface area contributed by atoms with Crippen LogP contribution in [-0.4, -0.2) is 41.9 Å². The van der Waals surface area contributed by atoms with Crippen LogP contribution in [0.4, 0.5) is 5.69 Å². The van der Waals surface area contributed by atoms with E-state index in [-0.39, 0.29) is 12.6 Å². The van der Waals surface area contributed by atoms with E-state index < -0.39 is 6.10 Å². The van der Waals surface area contributed by atoms with Gasteiger partial charge >= 0.3 is 0 Å². The molecule has 2 atom stereocenters. The Labute approximate surface area is 199 Å². The number of nitrogens with one attached hydrogen (secondary N) is 2. The molecule has 0 aliphatic carbocycles. The first-order valence-electron chi connectivity index (χ1n) is 11.7. The lowest BCUT2D eigenvalue weighted by molar-refractivity contribution is 0.105. The Morgan fingerprint density at radius 3 is 2.12 bits per heavy atom. The lowest BCUT2D eigenvalue weighted by Crippen LogP contribution is -2.39. The number of para-hydroxylation sites is 2. The Hall–Kier alpha value is -3.67. The van der Waals surface area contributed by atoms with Crippen LogP contribution in [0.5, 0.6) is 5.75 Å². The van der Waals surface area contributed by atoms with E-state index in [1.807, 2.05) is 66.7 Å². The lowest BCUT2D eigenvalue weighted by Gasteiger charge is -2.20. The molecule has 0 aliphatic heterocycles. The number of benzene rings is 4. The number of aliphatic hydroxyl groups excluding tert-OH is 1. The van der Waals surface area contributed by atoms with Gasteiger partial charge in [0, 0.05) is 35.3 Å². The van der Waals surface area contributed by atoms with Crippen LogP contribution in [0.15, 0.2) is 91.0 Å². The van der Waals surface area contributed by atoms with Crippen LogP contribution >= 0.6 is 0 Å². The minimum atomic E-state index is -0.607. The molecule has 0 bridgehead atoms. The Morgan fingerprint density at radius 2 is 1.38 bits per heavy atom. The zero-order valence-electron chi connectivity index (χ0n) is 19.2. The average Bonchev–Trinajstić information content (AvgIpc) is 2.88. The van der Waals surface area contributed by atoms with E-state index in [1.165, 1.54) is 0 Å². The van der Waals surface area contributed by atoms with Crippen molar-refractivity contribution < 1.29 is 9.84 Å². The highest BCUT2D eigenvalue weighted by molar-refractivity contribution is 6.07. The maximum atomic E-state index is 10.5. The van der Waals surface area contributed by atoms with Gasteiger partial charge in [0.25, 0.3) is 0 Å². The van der Waals surface area contributed by atoms with E-state index in [1.54, 1.807) is 0 Å². The molecular formula is C29H29N3O2. The Balaban J connectivity index is 1.18. The first-order chi connectivity index (χ1) is 16.7. The summed E-state index contributed by atoms with van der Waals surface area (Å²) in [6.07, 6.45) is -0.607. The molecule has 5 rings (SSSR count). The van der Waals surface area contributed by atoms with Gasteiger partial charge in [0.05, 0.1) is 16.7 Å². The molecule has 5 aromatic rings. The first kappa shape index (κ1) is 22.1. The largest absolute Gasteiger partial charge is 0.490 e. The average molecular weight is 452 g/mol. The van der Waals surface area contributed by atoms with Gasteiger partial charge in [-0.2, -0.15) is 0 Å². The number of rotatable bonds is 9. The van der Waals surface area contributed by atoms with Crippen molar-refractivity contribution in [2.75, 3.05) is 25.0 Å². The van der Waals surface area contributed by atoms with Crippen molar-refractivity contribution >= 4 is 38.3 Å². The SMILES string of the molecule is CC(CNc1c2ccccc2nc2ccccc12)NCC(O)COc1cccc2ccccc12. The number of hydrogen-bond acceptors (Lipinski definition) is 5. The van der Waals surface area contributed by atoms with Crippen molar-refractivity contribution in [2.45, 2.75) is 19.1 Å². The summed E-state index contributed by atoms with van der Waals surface area (Å²) < 4.78 is 5.93. The Morgan fingerprint density at radius 1 is 0.765 bits per heavy atom. The van der Waals surface area contributed by atoms with Gasteiger partial charge in [-0.1, -0.05) is 72.8 Å². The first-order valence-corrected chi connectivity index (χ1v) is 11.7. The van der Waals surface area contributed by atoms with Gasteiger partial charge in [-0.05, 0) is 30.5 Å². The smallest absolute Gasteiger partial charge is 0.127 e. The van der Waals surface area contributed by atoms with Crippen molar-refractivity contribution in [1.29, 1.82) is 0 Å². The van der Waals surface area contributed by atoms with Gasteiger partial charge in [-0.15, -0.1) is 0 Å². The van der Waals surface area contributed by atoms with E-state index in [0.29, 0.717) is 6.54 Å². The van der Waals surface area contributed by atoms with Crippen LogP contribution in [0.1, 0.15) is 6.92 Å². The number of aliphatic hydroxyl groups is 1. The third-order valence-electron chi connectivity index (χ3n) is 6.06. The summed E-state index contributed by atoms with van der Waals surface area (Å²) in [5.74, 6) is 0.795. The van der Waals surface area contributed by atoms with Crippen LogP contribution in [0, 0.1) is 0 Å². The zero-order chi connectivity index (χ0) is 23.3. The lowest BCUT2D eigenvalue weighted by atomic mass is 10.1. The number of pyridine rings is 1. The van der Waals surface area contributed by atoms with E-state index in [2.05, 4.69) is 41.8 Å². The van der Waals surface area contributed by atoms with E-state index >= 15 is 0 Å². The highest BCUT2D eigenvalue weighted by atomic mass is 16.5. The molecule has 2 unspecified atom stereocenters. The Bertz CT molecular complexity index is 1360. The van der Waals surface area contributed by atoms with Crippen LogP contribution in [0.2, 0.25) is 0 Å². The molecule has 0 fully saturated rings. The van der Waals surface area contributed by atoms with Crippen LogP contribution in [-0.2, 0) is 0 Å². The third kappa shape index (κ3) is 4.81. The van der Waals surface area contributed by atoms with Gasteiger partial charge in [0.15, 0.2) is 0 Å². The fourth-order valence-corrected chi connectivity index (χ4v) is 4.26. The molecule has 1 aromatic heterocycles. The molecule has 0 saturated carbocycles. The number of hydrogen-bond donors (Lipinski definition) is 3. The molecule has 0 radical (unpaired) electrons. The molecule has 5 nitrogen and oxygen atoms in total. The molecule has 0 aliphatic rings. The number of fused-ring (bicyclic) bond motifs is 3. The second-order valence-electron chi connectivity index (χ2n) is 8.65. The summed E-state index contributed by atoms with van der Waals surface area (Å²) >= 11 is 0. The van der Waals surface area contributed by atoms with Gasteiger partial charge in [0.1, 0.15) is 18.5 Å². The molecule has 0 spiro atoms. The number of ether oxygens (including phenoxy) is 1. The predicted octanol–water partition coefficient (Wildman–Crippen LogP) is 5.37. The van der Waals surface area contributed by atoms with Gasteiger partial charge in [-0.3, -0.25) is 0 Å². The second kappa shape index (κ2) is 10.1. The third-order valence-corrected chi connectivity index (χ3v) is 6.06. The van der Waals surface area contributed by atoms with Crippen LogP contribution in [0.3, 0.4) is 0 Å². The van der Waals surface area contributed by atoms with Gasteiger partial charge in [-0.25, -0.2) is 4.98 Å². The van der Waals surface area contributed by atoms with E-state index in [0.717, 1.165) is 50.6 Å². The highest BCUT2D eigenvalue weighted by Crippen LogP contribution is 2.30. The summed E-state index contributed by atoms with van der Waals surface area (Å²) in [5, 5.41) is 21.9. The normalized spacial score (nSPS) is 13.2. The zero-order valence-corrected chi connectivity index (χ0v) is 19.2. The van der Waals surface area contributed by atoms with Crippen molar-refractivity contribution in [2.24, 2.45) is 0 Å².